The molecule has 2 rings (SSSR count). The van der Waals surface area contributed by atoms with Crippen LogP contribution in [-0.4, -0.2) is 23.3 Å². The highest BCUT2D eigenvalue weighted by molar-refractivity contribution is 5.27. The first-order chi connectivity index (χ1) is 9.19. The Balaban J connectivity index is 1.84. The van der Waals surface area contributed by atoms with Gasteiger partial charge in [0.05, 0.1) is 13.0 Å². The number of nitrogens with zero attached hydrogens (tertiary/aromatic N) is 2. The number of hydrogen-bond donors (Lipinski definition) is 1. The van der Waals surface area contributed by atoms with Crippen LogP contribution in [0.5, 0.6) is 5.75 Å². The molecule has 1 heterocycles. The SMILES string of the molecule is Cc1cccc(OCCc2nc(C(C)CN)no2)c1. The fourth-order valence-corrected chi connectivity index (χ4v) is 1.64. The molecule has 1 atom stereocenters. The van der Waals surface area contributed by atoms with Crippen LogP contribution in [0.1, 0.15) is 30.1 Å². The van der Waals surface area contributed by atoms with Crippen LogP contribution in [0.2, 0.25) is 0 Å². The van der Waals surface area contributed by atoms with Crippen LogP contribution in [0.4, 0.5) is 0 Å². The summed E-state index contributed by atoms with van der Waals surface area (Å²) in [5.41, 5.74) is 6.73. The Hall–Kier alpha value is -1.88. The first-order valence-corrected chi connectivity index (χ1v) is 6.41. The monoisotopic (exact) mass is 261 g/mol. The molecule has 2 N–H and O–H groups in total. The Labute approximate surface area is 112 Å². The Morgan fingerprint density at radius 3 is 3.00 bits per heavy atom. The van der Waals surface area contributed by atoms with Crippen molar-refractivity contribution < 1.29 is 9.26 Å². The van der Waals surface area contributed by atoms with Crippen LogP contribution >= 0.6 is 0 Å². The van der Waals surface area contributed by atoms with Gasteiger partial charge in [0.2, 0.25) is 5.89 Å². The average molecular weight is 261 g/mol. The van der Waals surface area contributed by atoms with Crippen LogP contribution in [-0.2, 0) is 6.42 Å². The molecule has 0 spiro atoms. The molecular formula is C14H19N3O2. The summed E-state index contributed by atoms with van der Waals surface area (Å²) in [6, 6.07) is 7.93. The molecule has 0 radical (unpaired) electrons. The third kappa shape index (κ3) is 3.79. The van der Waals surface area contributed by atoms with Crippen molar-refractivity contribution in [2.45, 2.75) is 26.2 Å². The lowest BCUT2D eigenvalue weighted by atomic mass is 10.2. The van der Waals surface area contributed by atoms with Gasteiger partial charge in [-0.1, -0.05) is 24.2 Å². The summed E-state index contributed by atoms with van der Waals surface area (Å²) in [7, 11) is 0. The second-order valence-electron chi connectivity index (χ2n) is 4.60. The molecule has 0 saturated heterocycles. The minimum Gasteiger partial charge on any atom is -0.493 e. The predicted molar refractivity (Wildman–Crippen MR) is 72.1 cm³/mol. The zero-order valence-corrected chi connectivity index (χ0v) is 11.3. The number of ether oxygens (including phenoxy) is 1. The molecule has 1 unspecified atom stereocenters. The van der Waals surface area contributed by atoms with Crippen molar-refractivity contribution in [3.8, 4) is 5.75 Å². The van der Waals surface area contributed by atoms with Crippen LogP contribution in [0.3, 0.4) is 0 Å². The maximum Gasteiger partial charge on any atom is 0.230 e. The third-order valence-corrected chi connectivity index (χ3v) is 2.85. The first kappa shape index (κ1) is 13.5. The summed E-state index contributed by atoms with van der Waals surface area (Å²) < 4.78 is 10.8. The van der Waals surface area contributed by atoms with Crippen molar-refractivity contribution in [3.63, 3.8) is 0 Å². The quantitative estimate of drug-likeness (QED) is 0.861. The highest BCUT2D eigenvalue weighted by Gasteiger charge is 2.12. The van der Waals surface area contributed by atoms with Gasteiger partial charge < -0.3 is 15.0 Å². The van der Waals surface area contributed by atoms with Gasteiger partial charge >= 0.3 is 0 Å². The summed E-state index contributed by atoms with van der Waals surface area (Å²) in [4.78, 5) is 4.29. The Kier molecular flexibility index (Phi) is 4.52. The van der Waals surface area contributed by atoms with Gasteiger partial charge in [-0.05, 0) is 24.6 Å². The Morgan fingerprint density at radius 1 is 1.42 bits per heavy atom. The van der Waals surface area contributed by atoms with Crippen molar-refractivity contribution in [2.24, 2.45) is 5.73 Å². The zero-order chi connectivity index (χ0) is 13.7. The van der Waals surface area contributed by atoms with Crippen LogP contribution in [0, 0.1) is 6.92 Å². The van der Waals surface area contributed by atoms with Gasteiger partial charge in [0.25, 0.3) is 0 Å². The van der Waals surface area contributed by atoms with E-state index in [-0.39, 0.29) is 5.92 Å². The van der Waals surface area contributed by atoms with E-state index in [4.69, 9.17) is 15.0 Å². The topological polar surface area (TPSA) is 74.2 Å². The number of aryl methyl sites for hydroxylation is 1. The molecular weight excluding hydrogens is 242 g/mol. The largest absolute Gasteiger partial charge is 0.493 e. The molecule has 19 heavy (non-hydrogen) atoms. The van der Waals surface area contributed by atoms with E-state index in [0.717, 1.165) is 5.75 Å². The molecule has 0 amide bonds. The smallest absolute Gasteiger partial charge is 0.230 e. The van der Waals surface area contributed by atoms with Gasteiger partial charge in [0.1, 0.15) is 5.75 Å². The lowest BCUT2D eigenvalue weighted by Gasteiger charge is -2.04. The second-order valence-corrected chi connectivity index (χ2v) is 4.60. The van der Waals surface area contributed by atoms with E-state index < -0.39 is 0 Å². The molecule has 102 valence electrons. The van der Waals surface area contributed by atoms with Crippen molar-refractivity contribution in [2.75, 3.05) is 13.2 Å². The van der Waals surface area contributed by atoms with E-state index in [9.17, 15) is 0 Å². The number of nitrogens with two attached hydrogens (primary N) is 1. The summed E-state index contributed by atoms with van der Waals surface area (Å²) in [5, 5.41) is 3.91. The number of hydrogen-bond acceptors (Lipinski definition) is 5. The third-order valence-electron chi connectivity index (χ3n) is 2.85. The lowest BCUT2D eigenvalue weighted by molar-refractivity contribution is 0.291. The number of rotatable bonds is 6. The second kappa shape index (κ2) is 6.33. The zero-order valence-electron chi connectivity index (χ0n) is 11.3. The minimum atomic E-state index is 0.121. The number of aromatic nitrogens is 2. The summed E-state index contributed by atoms with van der Waals surface area (Å²) in [6.45, 7) is 5.03. The Morgan fingerprint density at radius 2 is 2.26 bits per heavy atom. The van der Waals surface area contributed by atoms with Crippen molar-refractivity contribution >= 4 is 0 Å². The molecule has 5 heteroatoms. The molecule has 0 aliphatic rings. The minimum absolute atomic E-state index is 0.121. The normalized spacial score (nSPS) is 12.4. The molecule has 2 aromatic rings. The fraction of sp³-hybridized carbons (Fsp3) is 0.429. The lowest BCUT2D eigenvalue weighted by Crippen LogP contribution is -2.10. The molecule has 0 saturated carbocycles. The summed E-state index contributed by atoms with van der Waals surface area (Å²) >= 11 is 0. The van der Waals surface area contributed by atoms with E-state index in [1.54, 1.807) is 0 Å². The van der Waals surface area contributed by atoms with Gasteiger partial charge in [-0.3, -0.25) is 0 Å². The van der Waals surface area contributed by atoms with Gasteiger partial charge in [-0.2, -0.15) is 4.98 Å². The van der Waals surface area contributed by atoms with E-state index in [2.05, 4.69) is 10.1 Å². The van der Waals surface area contributed by atoms with Gasteiger partial charge in [-0.15, -0.1) is 0 Å². The van der Waals surface area contributed by atoms with Crippen LogP contribution in [0.15, 0.2) is 28.8 Å². The molecule has 0 aliphatic carbocycles. The van der Waals surface area contributed by atoms with E-state index in [0.29, 0.717) is 31.3 Å². The van der Waals surface area contributed by atoms with Crippen LogP contribution < -0.4 is 10.5 Å². The van der Waals surface area contributed by atoms with Crippen molar-refractivity contribution in [3.05, 3.63) is 41.5 Å². The molecule has 5 nitrogen and oxygen atoms in total. The van der Waals surface area contributed by atoms with Gasteiger partial charge in [0.15, 0.2) is 5.82 Å². The van der Waals surface area contributed by atoms with E-state index in [1.807, 2.05) is 38.1 Å². The highest BCUT2D eigenvalue weighted by Crippen LogP contribution is 2.13. The molecule has 1 aromatic carbocycles. The molecule has 1 aromatic heterocycles. The van der Waals surface area contributed by atoms with Crippen molar-refractivity contribution in [1.29, 1.82) is 0 Å². The average Bonchev–Trinajstić information content (AvgIpc) is 2.87. The molecule has 0 aliphatic heterocycles. The fourth-order valence-electron chi connectivity index (χ4n) is 1.64. The Bertz CT molecular complexity index is 525. The first-order valence-electron chi connectivity index (χ1n) is 6.41. The summed E-state index contributed by atoms with van der Waals surface area (Å²) in [6.07, 6.45) is 0.595. The van der Waals surface area contributed by atoms with E-state index in [1.165, 1.54) is 5.56 Å². The highest BCUT2D eigenvalue weighted by atomic mass is 16.5. The maximum atomic E-state index is 5.63. The van der Waals surface area contributed by atoms with Crippen molar-refractivity contribution in [1.82, 2.24) is 10.1 Å². The molecule has 0 bridgehead atoms. The van der Waals surface area contributed by atoms with Gasteiger partial charge in [-0.25, -0.2) is 0 Å². The summed E-state index contributed by atoms with van der Waals surface area (Å²) in [5.74, 6) is 2.22. The predicted octanol–water partition coefficient (Wildman–Crippen LogP) is 2.06. The van der Waals surface area contributed by atoms with Gasteiger partial charge in [0, 0.05) is 12.5 Å². The standard InChI is InChI=1S/C14H19N3O2/c1-10-4-3-5-12(8-10)18-7-6-13-16-14(17-19-13)11(2)9-15/h3-5,8,11H,6-7,9,15H2,1-2H3. The van der Waals surface area contributed by atoms with E-state index >= 15 is 0 Å². The maximum absolute atomic E-state index is 5.63. The van der Waals surface area contributed by atoms with Crippen LogP contribution in [0.25, 0.3) is 0 Å². The molecule has 0 fully saturated rings. The number of benzene rings is 1.